The van der Waals surface area contributed by atoms with Gasteiger partial charge in [-0.1, -0.05) is 43.1 Å². The number of amides is 2. The minimum Gasteiger partial charge on any atom is -0.466 e. The number of hydrogen-bond acceptors (Lipinski definition) is 6. The number of carbonyl (C=O) groups is 3. The zero-order valence-corrected chi connectivity index (χ0v) is 20.4. The normalized spacial score (nSPS) is 34.9. The van der Waals surface area contributed by atoms with Crippen LogP contribution in [-0.4, -0.2) is 76.2 Å². The third-order valence-corrected chi connectivity index (χ3v) is 7.56. The molecule has 2 N–H and O–H groups in total. The first-order valence-electron chi connectivity index (χ1n) is 11.4. The predicted molar refractivity (Wildman–Crippen MR) is 117 cm³/mol. The predicted octanol–water partition coefficient (Wildman–Crippen LogP) is 1.62. The average molecular weight is 503 g/mol. The summed E-state index contributed by atoms with van der Waals surface area (Å²) in [5.41, 5.74) is -1.10. The highest BCUT2D eigenvalue weighted by atomic mass is 79.9. The lowest BCUT2D eigenvalue weighted by atomic mass is 9.70. The first kappa shape index (κ1) is 24.5. The van der Waals surface area contributed by atoms with Gasteiger partial charge in [-0.25, -0.2) is 0 Å². The van der Waals surface area contributed by atoms with Crippen LogP contribution in [0.2, 0.25) is 0 Å². The summed E-state index contributed by atoms with van der Waals surface area (Å²) in [4.78, 5) is 41.4. The third-order valence-electron chi connectivity index (χ3n) is 6.71. The summed E-state index contributed by atoms with van der Waals surface area (Å²) in [6.45, 7) is 8.25. The van der Waals surface area contributed by atoms with Gasteiger partial charge in [0.15, 0.2) is 0 Å². The molecular weight excluding hydrogens is 468 g/mol. The van der Waals surface area contributed by atoms with E-state index in [9.17, 15) is 19.5 Å². The van der Waals surface area contributed by atoms with Gasteiger partial charge in [0.2, 0.25) is 11.8 Å². The lowest BCUT2D eigenvalue weighted by Crippen LogP contribution is -2.58. The smallest absolute Gasteiger partial charge is 0.312 e. The van der Waals surface area contributed by atoms with E-state index in [0.717, 1.165) is 12.8 Å². The van der Waals surface area contributed by atoms with Crippen molar-refractivity contribution in [1.29, 1.82) is 0 Å². The van der Waals surface area contributed by atoms with Gasteiger partial charge in [0, 0.05) is 11.4 Å². The Hall–Kier alpha value is -1.19. The van der Waals surface area contributed by atoms with Crippen molar-refractivity contribution in [3.63, 3.8) is 0 Å². The molecule has 7 atom stereocenters. The van der Waals surface area contributed by atoms with Gasteiger partial charge in [0.25, 0.3) is 0 Å². The van der Waals surface area contributed by atoms with E-state index < -0.39 is 41.6 Å². The molecule has 0 aromatic rings. The number of aliphatic hydroxyl groups excluding tert-OH is 1. The minimum absolute atomic E-state index is 0.158. The summed E-state index contributed by atoms with van der Waals surface area (Å²) >= 11 is 3.62. The van der Waals surface area contributed by atoms with Crippen molar-refractivity contribution in [3.05, 3.63) is 0 Å². The van der Waals surface area contributed by atoms with E-state index in [-0.39, 0.29) is 35.8 Å². The quantitative estimate of drug-likeness (QED) is 0.267. The van der Waals surface area contributed by atoms with Crippen LogP contribution in [0.25, 0.3) is 0 Å². The molecule has 31 heavy (non-hydrogen) atoms. The molecule has 8 nitrogen and oxygen atoms in total. The van der Waals surface area contributed by atoms with E-state index >= 15 is 0 Å². The maximum atomic E-state index is 13.8. The fourth-order valence-corrected chi connectivity index (χ4v) is 6.52. The number of nitrogens with one attached hydrogen (secondary N) is 1. The number of likely N-dealkylation sites (tertiary alicyclic amines) is 1. The van der Waals surface area contributed by atoms with Crippen LogP contribution in [0.1, 0.15) is 53.4 Å². The zero-order chi connectivity index (χ0) is 22.9. The third kappa shape index (κ3) is 4.13. The van der Waals surface area contributed by atoms with Crippen LogP contribution >= 0.6 is 15.9 Å². The van der Waals surface area contributed by atoms with Crippen molar-refractivity contribution < 1.29 is 29.0 Å². The van der Waals surface area contributed by atoms with Crippen molar-refractivity contribution >= 4 is 33.7 Å². The Balaban J connectivity index is 2.02. The minimum atomic E-state index is -1.10. The molecule has 0 aromatic heterocycles. The van der Waals surface area contributed by atoms with E-state index in [1.807, 2.05) is 20.8 Å². The summed E-state index contributed by atoms with van der Waals surface area (Å²) in [6, 6.07) is -1.41. The maximum Gasteiger partial charge on any atom is 0.312 e. The maximum absolute atomic E-state index is 13.8. The van der Waals surface area contributed by atoms with Crippen molar-refractivity contribution in [2.75, 3.05) is 19.8 Å². The molecule has 3 aliphatic heterocycles. The number of hydrogen-bond donors (Lipinski definition) is 2. The number of halogens is 1. The second kappa shape index (κ2) is 9.75. The number of fused-ring (bicyclic) bond motifs is 1. The van der Waals surface area contributed by atoms with Crippen LogP contribution in [0.5, 0.6) is 0 Å². The number of rotatable bonds is 10. The van der Waals surface area contributed by atoms with Gasteiger partial charge in [-0.2, -0.15) is 0 Å². The highest BCUT2D eigenvalue weighted by Gasteiger charge is 2.77. The molecule has 1 spiro atoms. The number of aliphatic hydroxyl groups is 1. The standard InChI is InChI=1S/C22H35BrN2O6/c1-5-7-8-24-19(27)18-22-10-14(23)17(31-22)15(21(29)30-6-2)16(22)20(28)25(18)13(11-26)9-12(3)4/h12-18,26H,5-11H2,1-4H3,(H,24,27)/t13-,14?,15-,16+,17-,18?,22?/m1/s1. The number of esters is 1. The molecule has 3 unspecified atom stereocenters. The Labute approximate surface area is 192 Å². The van der Waals surface area contributed by atoms with Gasteiger partial charge in [-0.05, 0) is 32.1 Å². The fraction of sp³-hybridized carbons (Fsp3) is 0.864. The van der Waals surface area contributed by atoms with Crippen molar-refractivity contribution in [3.8, 4) is 0 Å². The van der Waals surface area contributed by atoms with Crippen LogP contribution in [0.15, 0.2) is 0 Å². The SMILES string of the molecule is CCCCNC(=O)C1N([C@@H](CO)CC(C)C)C(=O)[C@@H]2[C@@H](C(=O)OCC)[C@@H]3OC12CC3Br. The molecule has 2 bridgehead atoms. The monoisotopic (exact) mass is 502 g/mol. The lowest BCUT2D eigenvalue weighted by molar-refractivity contribution is -0.155. The highest BCUT2D eigenvalue weighted by Crippen LogP contribution is 2.60. The van der Waals surface area contributed by atoms with E-state index in [4.69, 9.17) is 9.47 Å². The van der Waals surface area contributed by atoms with Gasteiger partial charge in [-0.3, -0.25) is 14.4 Å². The molecule has 3 rings (SSSR count). The van der Waals surface area contributed by atoms with Crippen LogP contribution in [-0.2, 0) is 23.9 Å². The summed E-state index contributed by atoms with van der Waals surface area (Å²) in [6.07, 6.45) is 2.25. The topological polar surface area (TPSA) is 105 Å². The number of alkyl halides is 1. The van der Waals surface area contributed by atoms with E-state index in [1.165, 1.54) is 4.90 Å². The first-order valence-corrected chi connectivity index (χ1v) is 12.3. The molecule has 3 aliphatic rings. The Morgan fingerprint density at radius 1 is 1.39 bits per heavy atom. The molecule has 176 valence electrons. The Morgan fingerprint density at radius 3 is 2.68 bits per heavy atom. The average Bonchev–Trinajstić information content (AvgIpc) is 3.30. The first-order chi connectivity index (χ1) is 14.7. The van der Waals surface area contributed by atoms with Gasteiger partial charge in [0.1, 0.15) is 11.6 Å². The zero-order valence-electron chi connectivity index (χ0n) is 18.8. The fourth-order valence-electron chi connectivity index (χ4n) is 5.57. The number of unbranched alkanes of at least 4 members (excludes halogenated alkanes) is 1. The van der Waals surface area contributed by atoms with Crippen LogP contribution in [0.4, 0.5) is 0 Å². The number of nitrogens with zero attached hydrogens (tertiary/aromatic N) is 1. The Kier molecular flexibility index (Phi) is 7.69. The Morgan fingerprint density at radius 2 is 2.10 bits per heavy atom. The summed E-state index contributed by atoms with van der Waals surface area (Å²) in [7, 11) is 0. The molecule has 0 aromatic carbocycles. The van der Waals surface area contributed by atoms with E-state index in [2.05, 4.69) is 21.2 Å². The summed E-state index contributed by atoms with van der Waals surface area (Å²) < 4.78 is 11.6. The van der Waals surface area contributed by atoms with E-state index in [0.29, 0.717) is 19.4 Å². The number of ether oxygens (including phenoxy) is 2. The molecule has 3 saturated heterocycles. The second-order valence-electron chi connectivity index (χ2n) is 9.27. The van der Waals surface area contributed by atoms with Crippen LogP contribution in [0.3, 0.4) is 0 Å². The largest absolute Gasteiger partial charge is 0.466 e. The molecule has 3 heterocycles. The van der Waals surface area contributed by atoms with Gasteiger partial charge in [-0.15, -0.1) is 0 Å². The number of carbonyl (C=O) groups excluding carboxylic acids is 3. The Bertz CT molecular complexity index is 703. The van der Waals surface area contributed by atoms with E-state index in [1.54, 1.807) is 6.92 Å². The summed E-state index contributed by atoms with van der Waals surface area (Å²) in [5.74, 6) is -2.37. The molecule has 0 aliphatic carbocycles. The second-order valence-corrected chi connectivity index (χ2v) is 10.4. The molecule has 9 heteroatoms. The van der Waals surface area contributed by atoms with Crippen molar-refractivity contribution in [2.45, 2.75) is 82.0 Å². The van der Waals surface area contributed by atoms with Crippen molar-refractivity contribution in [2.24, 2.45) is 17.8 Å². The summed E-state index contributed by atoms with van der Waals surface area (Å²) in [5, 5.41) is 13.1. The molecule has 2 amide bonds. The van der Waals surface area contributed by atoms with Crippen LogP contribution in [0, 0.1) is 17.8 Å². The van der Waals surface area contributed by atoms with Gasteiger partial charge in [0.05, 0.1) is 37.2 Å². The molecular formula is C22H35BrN2O6. The van der Waals surface area contributed by atoms with Crippen molar-refractivity contribution in [1.82, 2.24) is 10.2 Å². The molecule has 3 fully saturated rings. The highest BCUT2D eigenvalue weighted by molar-refractivity contribution is 9.09. The van der Waals surface area contributed by atoms with Gasteiger partial charge >= 0.3 is 5.97 Å². The van der Waals surface area contributed by atoms with Crippen LogP contribution < -0.4 is 5.32 Å². The van der Waals surface area contributed by atoms with Gasteiger partial charge < -0.3 is 24.8 Å². The molecule has 0 radical (unpaired) electrons. The lowest BCUT2D eigenvalue weighted by Gasteiger charge is -2.37. The molecule has 0 saturated carbocycles.